The van der Waals surface area contributed by atoms with Gasteiger partial charge in [0.1, 0.15) is 5.82 Å². The second-order valence-corrected chi connectivity index (χ2v) is 8.65. The summed E-state index contributed by atoms with van der Waals surface area (Å²) in [4.78, 5) is 25.6. The number of aryl methyl sites for hydroxylation is 1. The Morgan fingerprint density at radius 1 is 1.20 bits per heavy atom. The number of rotatable bonds is 7. The maximum atomic E-state index is 12.4. The van der Waals surface area contributed by atoms with Gasteiger partial charge in [0.15, 0.2) is 0 Å². The molecule has 30 heavy (non-hydrogen) atoms. The third-order valence-corrected chi connectivity index (χ3v) is 5.76. The molecule has 0 aliphatic heterocycles. The van der Waals surface area contributed by atoms with Crippen LogP contribution in [0.1, 0.15) is 31.2 Å². The first-order valence-electron chi connectivity index (χ1n) is 10.3. The lowest BCUT2D eigenvalue weighted by Gasteiger charge is -2.34. The molecule has 1 aromatic carbocycles. The molecule has 0 bridgehead atoms. The molecule has 1 aliphatic rings. The number of nitrogens with one attached hydrogen (secondary N) is 2. The van der Waals surface area contributed by atoms with Gasteiger partial charge in [0, 0.05) is 48.6 Å². The van der Waals surface area contributed by atoms with Crippen LogP contribution >= 0.6 is 11.6 Å². The number of carbonyl (C=O) groups excluding carboxylic acids is 1. The fraction of sp³-hybridized carbons (Fsp3) is 0.500. The smallest absolute Gasteiger partial charge is 0.238 e. The van der Waals surface area contributed by atoms with Gasteiger partial charge < -0.3 is 15.5 Å². The third-order valence-electron chi connectivity index (χ3n) is 5.52. The van der Waals surface area contributed by atoms with Gasteiger partial charge in [-0.25, -0.2) is 4.98 Å². The van der Waals surface area contributed by atoms with Crippen molar-refractivity contribution < 1.29 is 4.79 Å². The first-order chi connectivity index (χ1) is 14.3. The maximum Gasteiger partial charge on any atom is 0.238 e. The molecule has 1 fully saturated rings. The van der Waals surface area contributed by atoms with E-state index in [1.54, 1.807) is 12.1 Å². The number of likely N-dealkylation sites (N-methyl/N-ethyl adjacent to an activating group) is 1. The molecule has 0 atom stereocenters. The van der Waals surface area contributed by atoms with Gasteiger partial charge in [-0.05, 0) is 57.9 Å². The Morgan fingerprint density at radius 2 is 1.93 bits per heavy atom. The lowest BCUT2D eigenvalue weighted by Crippen LogP contribution is -2.42. The van der Waals surface area contributed by atoms with Gasteiger partial charge in [0.2, 0.25) is 11.9 Å². The van der Waals surface area contributed by atoms with Crippen molar-refractivity contribution >= 4 is 35.0 Å². The number of aromatic nitrogens is 2. The largest absolute Gasteiger partial charge is 0.362 e. The van der Waals surface area contributed by atoms with Crippen molar-refractivity contribution in [1.29, 1.82) is 0 Å². The van der Waals surface area contributed by atoms with Gasteiger partial charge in [-0.15, -0.1) is 0 Å². The topological polar surface area (TPSA) is 73.4 Å². The quantitative estimate of drug-likeness (QED) is 0.696. The van der Waals surface area contributed by atoms with Crippen LogP contribution in [-0.2, 0) is 4.79 Å². The lowest BCUT2D eigenvalue weighted by atomic mass is 9.90. The molecule has 1 aliphatic carbocycles. The Hall–Kier alpha value is -2.38. The molecular formula is C22H31ClN6O. The number of hydrogen-bond donors (Lipinski definition) is 2. The van der Waals surface area contributed by atoms with E-state index in [0.717, 1.165) is 42.8 Å². The van der Waals surface area contributed by atoms with Gasteiger partial charge in [-0.2, -0.15) is 4.98 Å². The van der Waals surface area contributed by atoms with E-state index in [4.69, 9.17) is 11.6 Å². The van der Waals surface area contributed by atoms with Crippen molar-refractivity contribution in [3.8, 4) is 0 Å². The zero-order valence-corrected chi connectivity index (χ0v) is 18.9. The van der Waals surface area contributed by atoms with Crippen LogP contribution in [0.25, 0.3) is 0 Å². The van der Waals surface area contributed by atoms with E-state index in [9.17, 15) is 4.79 Å². The van der Waals surface area contributed by atoms with Crippen LogP contribution < -0.4 is 15.5 Å². The highest BCUT2D eigenvalue weighted by Crippen LogP contribution is 2.25. The summed E-state index contributed by atoms with van der Waals surface area (Å²) < 4.78 is 0. The molecule has 0 spiro atoms. The van der Waals surface area contributed by atoms with Crippen molar-refractivity contribution in [2.45, 2.75) is 44.7 Å². The molecule has 2 N–H and O–H groups in total. The van der Waals surface area contributed by atoms with E-state index in [-0.39, 0.29) is 5.91 Å². The summed E-state index contributed by atoms with van der Waals surface area (Å²) in [6, 6.07) is 7.96. The molecule has 3 rings (SSSR count). The predicted octanol–water partition coefficient (Wildman–Crippen LogP) is 3.80. The van der Waals surface area contributed by atoms with Gasteiger partial charge in [0.05, 0.1) is 6.54 Å². The molecule has 1 amide bonds. The summed E-state index contributed by atoms with van der Waals surface area (Å²) in [7, 11) is 5.99. The van der Waals surface area contributed by atoms with Crippen LogP contribution in [0.3, 0.4) is 0 Å². The molecule has 0 radical (unpaired) electrons. The number of nitrogens with zero attached hydrogens (tertiary/aromatic N) is 4. The first-order valence-corrected chi connectivity index (χ1v) is 10.7. The highest BCUT2D eigenvalue weighted by atomic mass is 35.5. The summed E-state index contributed by atoms with van der Waals surface area (Å²) in [6.45, 7) is 2.38. The summed E-state index contributed by atoms with van der Waals surface area (Å²) in [6.07, 6.45) is 5.98. The van der Waals surface area contributed by atoms with Crippen LogP contribution in [0, 0.1) is 6.92 Å². The number of anilines is 3. The van der Waals surface area contributed by atoms with Crippen LogP contribution in [-0.4, -0.2) is 60.5 Å². The van der Waals surface area contributed by atoms with Gasteiger partial charge >= 0.3 is 0 Å². The minimum atomic E-state index is -0.0238. The second kappa shape index (κ2) is 10.1. The molecule has 1 aromatic heterocycles. The second-order valence-electron chi connectivity index (χ2n) is 8.22. The Morgan fingerprint density at radius 3 is 2.60 bits per heavy atom. The molecular weight excluding hydrogens is 400 g/mol. The van der Waals surface area contributed by atoms with Crippen molar-refractivity contribution in [3.05, 3.63) is 41.0 Å². The minimum absolute atomic E-state index is 0.0238. The summed E-state index contributed by atoms with van der Waals surface area (Å²) in [5.74, 6) is 1.60. The monoisotopic (exact) mass is 430 g/mol. The molecule has 0 saturated heterocycles. The van der Waals surface area contributed by atoms with Crippen LogP contribution in [0.5, 0.6) is 0 Å². The summed E-state index contributed by atoms with van der Waals surface area (Å²) >= 11 is 5.98. The van der Waals surface area contributed by atoms with Crippen LogP contribution in [0.4, 0.5) is 17.5 Å². The Kier molecular flexibility index (Phi) is 7.50. The molecule has 1 saturated carbocycles. The average molecular weight is 431 g/mol. The number of halogens is 1. The number of hydrogen-bond acceptors (Lipinski definition) is 6. The highest BCUT2D eigenvalue weighted by molar-refractivity contribution is 6.30. The summed E-state index contributed by atoms with van der Waals surface area (Å²) in [5, 5.41) is 7.01. The average Bonchev–Trinajstić information content (AvgIpc) is 2.69. The van der Waals surface area contributed by atoms with Crippen molar-refractivity contribution in [2.24, 2.45) is 0 Å². The van der Waals surface area contributed by atoms with E-state index in [0.29, 0.717) is 29.6 Å². The highest BCUT2D eigenvalue weighted by Gasteiger charge is 2.25. The van der Waals surface area contributed by atoms with Gasteiger partial charge in [-0.3, -0.25) is 9.69 Å². The molecule has 0 unspecified atom stereocenters. The lowest BCUT2D eigenvalue weighted by molar-refractivity contribution is -0.117. The molecule has 1 heterocycles. The van der Waals surface area contributed by atoms with E-state index in [1.807, 2.05) is 51.3 Å². The van der Waals surface area contributed by atoms with Crippen LogP contribution in [0.15, 0.2) is 30.5 Å². The van der Waals surface area contributed by atoms with Crippen molar-refractivity contribution in [3.63, 3.8) is 0 Å². The summed E-state index contributed by atoms with van der Waals surface area (Å²) in [5.41, 5.74) is 1.79. The number of carbonyl (C=O) groups is 1. The number of amides is 1. The third kappa shape index (κ3) is 6.06. The van der Waals surface area contributed by atoms with E-state index in [2.05, 4.69) is 25.5 Å². The first kappa shape index (κ1) is 22.3. The Bertz CT molecular complexity index is 866. The minimum Gasteiger partial charge on any atom is -0.362 e. The van der Waals surface area contributed by atoms with Gasteiger partial charge in [-0.1, -0.05) is 17.7 Å². The molecule has 162 valence electrons. The van der Waals surface area contributed by atoms with Gasteiger partial charge in [0.25, 0.3) is 0 Å². The van der Waals surface area contributed by atoms with E-state index >= 15 is 0 Å². The zero-order valence-electron chi connectivity index (χ0n) is 18.2. The Labute approximate surface area is 183 Å². The standard InChI is InChI=1S/C22H31ClN6O/c1-15-13-24-22(27-21(15)28(2)3)26-17-8-10-19(11-9-17)29(4)14-20(30)25-18-7-5-6-16(23)12-18/h5-7,12-13,17,19H,8-11,14H2,1-4H3,(H,25,30)(H,24,26,27)/t17-,19+. The van der Waals surface area contributed by atoms with E-state index < -0.39 is 0 Å². The molecule has 2 aromatic rings. The zero-order chi connectivity index (χ0) is 21.7. The molecule has 8 heteroatoms. The normalized spacial score (nSPS) is 18.9. The fourth-order valence-corrected chi connectivity index (χ4v) is 4.11. The fourth-order valence-electron chi connectivity index (χ4n) is 3.92. The SMILES string of the molecule is Cc1cnc(N[C@H]2CC[C@@H](N(C)CC(=O)Nc3cccc(Cl)c3)CC2)nc1N(C)C. The maximum absolute atomic E-state index is 12.4. The van der Waals surface area contributed by atoms with Crippen LogP contribution in [0.2, 0.25) is 5.02 Å². The Balaban J connectivity index is 1.46. The van der Waals surface area contributed by atoms with Crippen molar-refractivity contribution in [1.82, 2.24) is 14.9 Å². The number of benzene rings is 1. The van der Waals surface area contributed by atoms with E-state index in [1.165, 1.54) is 0 Å². The predicted molar refractivity (Wildman–Crippen MR) is 123 cm³/mol. The van der Waals surface area contributed by atoms with Crippen molar-refractivity contribution in [2.75, 3.05) is 43.2 Å². The molecule has 7 nitrogen and oxygen atoms in total.